The van der Waals surface area contributed by atoms with Gasteiger partial charge in [-0.1, -0.05) is 34.1 Å². The van der Waals surface area contributed by atoms with Crippen molar-refractivity contribution in [2.45, 2.75) is 31.8 Å². The van der Waals surface area contributed by atoms with Gasteiger partial charge in [0.15, 0.2) is 0 Å². The molecule has 1 fully saturated rings. The number of hydrogen-bond acceptors (Lipinski definition) is 4. The van der Waals surface area contributed by atoms with Crippen molar-refractivity contribution in [2.24, 2.45) is 0 Å². The van der Waals surface area contributed by atoms with E-state index in [0.29, 0.717) is 12.5 Å². The SMILES string of the molecule is C=CCN1CCC(C(=O)Nc2ccc(CN(C)C3CCOCC3)cc2)=Cc2cc(Br)ccc21. The quantitative estimate of drug-likeness (QED) is 0.502. The molecular formula is C27H32BrN3O2. The second-order valence-electron chi connectivity index (χ2n) is 8.77. The summed E-state index contributed by atoms with van der Waals surface area (Å²) in [6.07, 6.45) is 6.76. The average molecular weight is 510 g/mol. The summed E-state index contributed by atoms with van der Waals surface area (Å²) in [7, 11) is 2.18. The Bertz CT molecular complexity index is 1010. The smallest absolute Gasteiger partial charge is 0.251 e. The topological polar surface area (TPSA) is 44.8 Å². The summed E-state index contributed by atoms with van der Waals surface area (Å²) in [5.41, 5.74) is 5.01. The van der Waals surface area contributed by atoms with E-state index < -0.39 is 0 Å². The lowest BCUT2D eigenvalue weighted by atomic mass is 10.1. The van der Waals surface area contributed by atoms with E-state index in [-0.39, 0.29) is 5.91 Å². The first kappa shape index (κ1) is 23.7. The fraction of sp³-hybridized carbons (Fsp3) is 0.370. The van der Waals surface area contributed by atoms with Crippen molar-refractivity contribution in [3.05, 3.63) is 76.3 Å². The van der Waals surface area contributed by atoms with E-state index in [4.69, 9.17) is 4.74 Å². The number of anilines is 2. The van der Waals surface area contributed by atoms with Crippen molar-refractivity contribution < 1.29 is 9.53 Å². The molecule has 0 aliphatic carbocycles. The molecule has 2 heterocycles. The summed E-state index contributed by atoms with van der Waals surface area (Å²) in [6, 6.07) is 15.0. The first-order valence-corrected chi connectivity index (χ1v) is 12.4. The molecule has 5 nitrogen and oxygen atoms in total. The molecule has 0 saturated carbocycles. The van der Waals surface area contributed by atoms with Crippen molar-refractivity contribution in [3.63, 3.8) is 0 Å². The van der Waals surface area contributed by atoms with Crippen LogP contribution in [0.3, 0.4) is 0 Å². The number of ether oxygens (including phenoxy) is 1. The highest BCUT2D eigenvalue weighted by atomic mass is 79.9. The number of carbonyl (C=O) groups is 1. The zero-order chi connectivity index (χ0) is 23.2. The van der Waals surface area contributed by atoms with E-state index in [1.807, 2.05) is 30.4 Å². The second-order valence-corrected chi connectivity index (χ2v) is 9.68. The van der Waals surface area contributed by atoms with E-state index in [2.05, 4.69) is 68.9 Å². The Morgan fingerprint density at radius 3 is 2.73 bits per heavy atom. The minimum atomic E-state index is -0.0477. The summed E-state index contributed by atoms with van der Waals surface area (Å²) in [6.45, 7) is 8.00. The van der Waals surface area contributed by atoms with Gasteiger partial charge in [-0.2, -0.15) is 0 Å². The van der Waals surface area contributed by atoms with E-state index in [0.717, 1.165) is 72.7 Å². The average Bonchev–Trinajstić information content (AvgIpc) is 3.00. The third-order valence-corrected chi connectivity index (χ3v) is 6.90. The first-order chi connectivity index (χ1) is 16.0. The van der Waals surface area contributed by atoms with E-state index >= 15 is 0 Å². The number of nitrogens with one attached hydrogen (secondary N) is 1. The highest BCUT2D eigenvalue weighted by Gasteiger charge is 2.20. The van der Waals surface area contributed by atoms with Crippen LogP contribution in [0.1, 0.15) is 30.4 Å². The van der Waals surface area contributed by atoms with Crippen LogP contribution >= 0.6 is 15.9 Å². The van der Waals surface area contributed by atoms with Crippen molar-refractivity contribution >= 4 is 39.3 Å². The largest absolute Gasteiger partial charge is 0.381 e. The van der Waals surface area contributed by atoms with Gasteiger partial charge in [0, 0.05) is 60.3 Å². The van der Waals surface area contributed by atoms with Crippen LogP contribution in [0.2, 0.25) is 0 Å². The van der Waals surface area contributed by atoms with Crippen LogP contribution in [0, 0.1) is 0 Å². The standard InChI is InChI=1S/C27H32BrN3O2/c1-3-13-31-14-10-21(17-22-18-23(28)6-9-26(22)31)27(32)29-24-7-4-20(5-8-24)19-30(2)25-11-15-33-16-12-25/h3-9,17-18,25H,1,10-16,19H2,2H3,(H,29,32). The first-order valence-electron chi connectivity index (χ1n) is 11.6. The normalized spacial score (nSPS) is 16.7. The zero-order valence-corrected chi connectivity index (χ0v) is 20.8. The van der Waals surface area contributed by atoms with E-state index in [1.165, 1.54) is 5.56 Å². The number of nitrogens with zero attached hydrogens (tertiary/aromatic N) is 2. The third-order valence-electron chi connectivity index (χ3n) is 6.41. The zero-order valence-electron chi connectivity index (χ0n) is 19.2. The number of halogens is 1. The monoisotopic (exact) mass is 509 g/mol. The van der Waals surface area contributed by atoms with Crippen LogP contribution < -0.4 is 10.2 Å². The molecule has 2 aromatic rings. The summed E-state index contributed by atoms with van der Waals surface area (Å²) in [4.78, 5) is 17.8. The fourth-order valence-electron chi connectivity index (χ4n) is 4.54. The Morgan fingerprint density at radius 2 is 2.00 bits per heavy atom. The molecule has 1 amide bonds. The van der Waals surface area contributed by atoms with Gasteiger partial charge in [-0.3, -0.25) is 9.69 Å². The van der Waals surface area contributed by atoms with Crippen LogP contribution in [0.5, 0.6) is 0 Å². The lowest BCUT2D eigenvalue weighted by Gasteiger charge is -2.31. The Morgan fingerprint density at radius 1 is 1.24 bits per heavy atom. The number of rotatable bonds is 7. The van der Waals surface area contributed by atoms with Crippen LogP contribution in [-0.4, -0.2) is 50.2 Å². The second kappa shape index (κ2) is 11.1. The Labute approximate surface area is 205 Å². The molecule has 2 aliphatic rings. The van der Waals surface area contributed by atoms with Gasteiger partial charge in [-0.05, 0) is 73.8 Å². The molecule has 4 rings (SSSR count). The van der Waals surface area contributed by atoms with Gasteiger partial charge in [0.2, 0.25) is 0 Å². The predicted molar refractivity (Wildman–Crippen MR) is 140 cm³/mol. The van der Waals surface area contributed by atoms with Crippen LogP contribution in [-0.2, 0) is 16.1 Å². The minimum Gasteiger partial charge on any atom is -0.381 e. The van der Waals surface area contributed by atoms with Gasteiger partial charge in [-0.15, -0.1) is 6.58 Å². The fourth-order valence-corrected chi connectivity index (χ4v) is 4.92. The van der Waals surface area contributed by atoms with Gasteiger partial charge >= 0.3 is 0 Å². The van der Waals surface area contributed by atoms with E-state index in [1.54, 1.807) is 0 Å². The van der Waals surface area contributed by atoms with Crippen molar-refractivity contribution in [1.82, 2.24) is 4.90 Å². The molecule has 0 atom stereocenters. The van der Waals surface area contributed by atoms with Gasteiger partial charge < -0.3 is 15.0 Å². The molecule has 0 bridgehead atoms. The Kier molecular flexibility index (Phi) is 8.02. The predicted octanol–water partition coefficient (Wildman–Crippen LogP) is 5.48. The number of amides is 1. The molecule has 2 aromatic carbocycles. The molecular weight excluding hydrogens is 478 g/mol. The van der Waals surface area contributed by atoms with Crippen LogP contribution in [0.25, 0.3) is 6.08 Å². The minimum absolute atomic E-state index is 0.0477. The molecule has 0 spiro atoms. The molecule has 1 saturated heterocycles. The highest BCUT2D eigenvalue weighted by molar-refractivity contribution is 9.10. The molecule has 6 heteroatoms. The van der Waals surface area contributed by atoms with Gasteiger partial charge in [-0.25, -0.2) is 0 Å². The number of fused-ring (bicyclic) bond motifs is 1. The van der Waals surface area contributed by atoms with Gasteiger partial charge in [0.25, 0.3) is 5.91 Å². The van der Waals surface area contributed by atoms with Gasteiger partial charge in [0.1, 0.15) is 0 Å². The van der Waals surface area contributed by atoms with E-state index in [9.17, 15) is 4.79 Å². The van der Waals surface area contributed by atoms with Crippen molar-refractivity contribution in [1.29, 1.82) is 0 Å². The lowest BCUT2D eigenvalue weighted by Crippen LogP contribution is -2.36. The summed E-state index contributed by atoms with van der Waals surface area (Å²) in [5, 5.41) is 3.09. The maximum Gasteiger partial charge on any atom is 0.251 e. The number of carbonyl (C=O) groups excluding carboxylic acids is 1. The molecule has 174 valence electrons. The molecule has 2 aliphatic heterocycles. The van der Waals surface area contributed by atoms with Crippen LogP contribution in [0.15, 0.2) is 65.2 Å². The summed E-state index contributed by atoms with van der Waals surface area (Å²) < 4.78 is 6.47. The summed E-state index contributed by atoms with van der Waals surface area (Å²) >= 11 is 3.56. The number of benzene rings is 2. The Balaban J connectivity index is 1.42. The molecule has 1 N–H and O–H groups in total. The summed E-state index contributed by atoms with van der Waals surface area (Å²) in [5.74, 6) is -0.0477. The maximum absolute atomic E-state index is 13.1. The van der Waals surface area contributed by atoms with Crippen LogP contribution in [0.4, 0.5) is 11.4 Å². The van der Waals surface area contributed by atoms with Crippen molar-refractivity contribution in [2.75, 3.05) is 43.6 Å². The maximum atomic E-state index is 13.1. The lowest BCUT2D eigenvalue weighted by molar-refractivity contribution is -0.112. The Hall–Kier alpha value is -2.41. The molecule has 0 aromatic heterocycles. The highest BCUT2D eigenvalue weighted by Crippen LogP contribution is 2.31. The third kappa shape index (κ3) is 6.14. The molecule has 33 heavy (non-hydrogen) atoms. The van der Waals surface area contributed by atoms with Gasteiger partial charge in [0.05, 0.1) is 0 Å². The molecule has 0 unspecified atom stereocenters. The van der Waals surface area contributed by atoms with Crippen molar-refractivity contribution in [3.8, 4) is 0 Å². The molecule has 0 radical (unpaired) electrons. The number of hydrogen-bond donors (Lipinski definition) is 1.